The Labute approximate surface area is 121 Å². The number of hydrogen-bond acceptors (Lipinski definition) is 2. The molecule has 0 aromatic heterocycles. The van der Waals surface area contributed by atoms with Gasteiger partial charge in [-0.05, 0) is 66.0 Å². The summed E-state index contributed by atoms with van der Waals surface area (Å²) in [6.45, 7) is 9.11. The van der Waals surface area contributed by atoms with Gasteiger partial charge in [-0.3, -0.25) is 4.79 Å². The van der Waals surface area contributed by atoms with E-state index in [1.165, 1.54) is 6.42 Å². The lowest BCUT2D eigenvalue weighted by Crippen LogP contribution is -2.32. The molecule has 108 valence electrons. The smallest absolute Gasteiger partial charge is 0.153 e. The second-order valence-corrected chi connectivity index (χ2v) is 7.46. The Kier molecular flexibility index (Phi) is 2.97. The van der Waals surface area contributed by atoms with E-state index in [2.05, 4.69) is 26.8 Å². The number of phenols is 1. The molecule has 0 spiro atoms. The van der Waals surface area contributed by atoms with E-state index in [0.29, 0.717) is 28.7 Å². The fourth-order valence-corrected chi connectivity index (χ4v) is 4.72. The Balaban J connectivity index is 2.01. The number of carbonyl (C=O) groups excluding carboxylic acids is 1. The van der Waals surface area contributed by atoms with Gasteiger partial charge in [-0.15, -0.1) is 0 Å². The molecule has 1 aromatic rings. The average molecular weight is 272 g/mol. The zero-order valence-electron chi connectivity index (χ0n) is 12.8. The number of carbonyl (C=O) groups is 1. The fraction of sp³-hybridized carbons (Fsp3) is 0.611. The first-order valence-electron chi connectivity index (χ1n) is 7.65. The molecule has 1 aromatic carbocycles. The number of hydrogen-bond donors (Lipinski definition) is 1. The Morgan fingerprint density at radius 1 is 1.30 bits per heavy atom. The molecule has 2 nitrogen and oxygen atoms in total. The first kappa shape index (κ1) is 13.7. The lowest BCUT2D eigenvalue weighted by Gasteiger charge is -2.40. The van der Waals surface area contributed by atoms with Crippen LogP contribution in [-0.2, 0) is 0 Å². The highest BCUT2D eigenvalue weighted by atomic mass is 16.3. The molecular formula is C18H24O2. The van der Waals surface area contributed by atoms with E-state index in [9.17, 15) is 9.90 Å². The SMILES string of the molecule is Cc1cc(C=O)c(O)c([C@@H]2C[C@@H]3C[C@H]2[C@@H](C)C3(C)C)c1. The van der Waals surface area contributed by atoms with E-state index < -0.39 is 0 Å². The van der Waals surface area contributed by atoms with Crippen LogP contribution in [0.1, 0.15) is 61.0 Å². The summed E-state index contributed by atoms with van der Waals surface area (Å²) in [5.74, 6) is 2.69. The highest BCUT2D eigenvalue weighted by Gasteiger charge is 2.55. The lowest BCUT2D eigenvalue weighted by molar-refractivity contribution is 0.111. The van der Waals surface area contributed by atoms with Crippen molar-refractivity contribution in [2.45, 2.75) is 46.5 Å². The third-order valence-corrected chi connectivity index (χ3v) is 6.32. The third-order valence-electron chi connectivity index (χ3n) is 6.32. The molecule has 0 heterocycles. The topological polar surface area (TPSA) is 37.3 Å². The molecular weight excluding hydrogens is 248 g/mol. The molecule has 0 saturated heterocycles. The summed E-state index contributed by atoms with van der Waals surface area (Å²) in [5, 5.41) is 10.4. The van der Waals surface area contributed by atoms with Crippen LogP contribution < -0.4 is 0 Å². The second kappa shape index (κ2) is 4.34. The van der Waals surface area contributed by atoms with Crippen LogP contribution in [0, 0.1) is 30.1 Å². The fourth-order valence-electron chi connectivity index (χ4n) is 4.72. The van der Waals surface area contributed by atoms with E-state index in [1.54, 1.807) is 6.07 Å². The number of aryl methyl sites for hydroxylation is 1. The van der Waals surface area contributed by atoms with Crippen molar-refractivity contribution >= 4 is 6.29 Å². The standard InChI is InChI=1S/C18H24O2/c1-10-5-12(9-19)17(20)16(6-10)15-8-13-7-14(15)11(2)18(13,3)4/h5-6,9,11,13-15,20H,7-8H2,1-4H3/t11-,13+,14+,15-/m1/s1. The van der Waals surface area contributed by atoms with Crippen LogP contribution in [0.5, 0.6) is 5.75 Å². The van der Waals surface area contributed by atoms with Crippen LogP contribution in [0.3, 0.4) is 0 Å². The highest BCUT2D eigenvalue weighted by molar-refractivity contribution is 5.80. The van der Waals surface area contributed by atoms with Crippen molar-refractivity contribution in [3.05, 3.63) is 28.8 Å². The molecule has 0 aliphatic heterocycles. The molecule has 0 unspecified atom stereocenters. The summed E-state index contributed by atoms with van der Waals surface area (Å²) >= 11 is 0. The van der Waals surface area contributed by atoms with Gasteiger partial charge in [0.1, 0.15) is 5.75 Å². The van der Waals surface area contributed by atoms with E-state index in [-0.39, 0.29) is 5.75 Å². The molecule has 20 heavy (non-hydrogen) atoms. The van der Waals surface area contributed by atoms with Gasteiger partial charge in [0.15, 0.2) is 6.29 Å². The molecule has 2 aliphatic rings. The van der Waals surface area contributed by atoms with E-state index >= 15 is 0 Å². The van der Waals surface area contributed by atoms with Gasteiger partial charge in [0.25, 0.3) is 0 Å². The van der Waals surface area contributed by atoms with Crippen molar-refractivity contribution in [1.29, 1.82) is 0 Å². The van der Waals surface area contributed by atoms with Gasteiger partial charge < -0.3 is 5.11 Å². The number of benzene rings is 1. The Bertz CT molecular complexity index is 555. The van der Waals surface area contributed by atoms with Crippen molar-refractivity contribution in [3.63, 3.8) is 0 Å². The van der Waals surface area contributed by atoms with Gasteiger partial charge in [-0.25, -0.2) is 0 Å². The molecule has 2 fully saturated rings. The number of aldehydes is 1. The third kappa shape index (κ3) is 1.73. The Morgan fingerprint density at radius 2 is 2.00 bits per heavy atom. The van der Waals surface area contributed by atoms with Crippen LogP contribution in [0.2, 0.25) is 0 Å². The summed E-state index contributed by atoms with van der Waals surface area (Å²) < 4.78 is 0. The number of fused-ring (bicyclic) bond motifs is 2. The quantitative estimate of drug-likeness (QED) is 0.815. The maximum atomic E-state index is 11.1. The minimum absolute atomic E-state index is 0.216. The summed E-state index contributed by atoms with van der Waals surface area (Å²) in [4.78, 5) is 11.1. The largest absolute Gasteiger partial charge is 0.507 e. The molecule has 2 aliphatic carbocycles. The Morgan fingerprint density at radius 3 is 2.55 bits per heavy atom. The van der Waals surface area contributed by atoms with Gasteiger partial charge in [0.2, 0.25) is 0 Å². The molecule has 3 rings (SSSR count). The van der Waals surface area contributed by atoms with Crippen LogP contribution in [0.15, 0.2) is 12.1 Å². The van der Waals surface area contributed by atoms with Crippen LogP contribution in [0.4, 0.5) is 0 Å². The van der Waals surface area contributed by atoms with Crippen molar-refractivity contribution in [2.75, 3.05) is 0 Å². The first-order valence-corrected chi connectivity index (χ1v) is 7.65. The van der Waals surface area contributed by atoms with Gasteiger partial charge in [0.05, 0.1) is 5.56 Å². The monoisotopic (exact) mass is 272 g/mol. The molecule has 0 amide bonds. The van der Waals surface area contributed by atoms with Crippen LogP contribution in [0.25, 0.3) is 0 Å². The number of phenolic OH excluding ortho intramolecular Hbond substituents is 1. The van der Waals surface area contributed by atoms with Crippen molar-refractivity contribution < 1.29 is 9.90 Å². The average Bonchev–Trinajstić information content (AvgIpc) is 2.92. The predicted molar refractivity (Wildman–Crippen MR) is 80.1 cm³/mol. The molecule has 0 radical (unpaired) electrons. The van der Waals surface area contributed by atoms with E-state index in [4.69, 9.17) is 0 Å². The van der Waals surface area contributed by atoms with E-state index in [1.807, 2.05) is 6.92 Å². The van der Waals surface area contributed by atoms with Crippen LogP contribution in [-0.4, -0.2) is 11.4 Å². The Hall–Kier alpha value is -1.31. The van der Waals surface area contributed by atoms with E-state index in [0.717, 1.165) is 29.8 Å². The minimum atomic E-state index is 0.216. The molecule has 2 heteroatoms. The van der Waals surface area contributed by atoms with Gasteiger partial charge in [-0.1, -0.05) is 26.8 Å². The van der Waals surface area contributed by atoms with Crippen molar-refractivity contribution in [2.24, 2.45) is 23.2 Å². The number of rotatable bonds is 2. The highest BCUT2D eigenvalue weighted by Crippen LogP contribution is 2.64. The number of aromatic hydroxyl groups is 1. The summed E-state index contributed by atoms with van der Waals surface area (Å²) in [5.41, 5.74) is 2.92. The first-order chi connectivity index (χ1) is 9.36. The minimum Gasteiger partial charge on any atom is -0.507 e. The summed E-state index contributed by atoms with van der Waals surface area (Å²) in [6.07, 6.45) is 3.19. The molecule has 4 atom stereocenters. The second-order valence-electron chi connectivity index (χ2n) is 7.46. The lowest BCUT2D eigenvalue weighted by atomic mass is 9.65. The van der Waals surface area contributed by atoms with Crippen molar-refractivity contribution in [3.8, 4) is 5.75 Å². The zero-order chi connectivity index (χ0) is 14.7. The molecule has 2 saturated carbocycles. The maximum Gasteiger partial charge on any atom is 0.153 e. The van der Waals surface area contributed by atoms with Crippen molar-refractivity contribution in [1.82, 2.24) is 0 Å². The zero-order valence-corrected chi connectivity index (χ0v) is 12.8. The normalized spacial score (nSPS) is 34.4. The summed E-state index contributed by atoms with van der Waals surface area (Å²) in [6, 6.07) is 3.85. The maximum absolute atomic E-state index is 11.1. The van der Waals surface area contributed by atoms with Crippen LogP contribution >= 0.6 is 0 Å². The summed E-state index contributed by atoms with van der Waals surface area (Å²) in [7, 11) is 0. The van der Waals surface area contributed by atoms with Gasteiger partial charge in [-0.2, -0.15) is 0 Å². The van der Waals surface area contributed by atoms with Gasteiger partial charge >= 0.3 is 0 Å². The van der Waals surface area contributed by atoms with Gasteiger partial charge in [0, 0.05) is 0 Å². The molecule has 2 bridgehead atoms. The molecule has 1 N–H and O–H groups in total. The predicted octanol–water partition coefficient (Wildman–Crippen LogP) is 4.30.